The molecule has 1 N–H and O–H groups in total. The predicted octanol–water partition coefficient (Wildman–Crippen LogP) is 2.87. The van der Waals surface area contributed by atoms with Gasteiger partial charge in [-0.05, 0) is 35.3 Å². The number of nitrogens with zero attached hydrogens (tertiary/aromatic N) is 3. The van der Waals surface area contributed by atoms with Crippen molar-refractivity contribution in [2.75, 3.05) is 18.6 Å². The number of benzene rings is 1. The zero-order valence-electron chi connectivity index (χ0n) is 13.2. The van der Waals surface area contributed by atoms with Crippen molar-refractivity contribution in [1.29, 1.82) is 0 Å². The lowest BCUT2D eigenvalue weighted by atomic mass is 10.2. The van der Waals surface area contributed by atoms with Crippen molar-refractivity contribution in [1.82, 2.24) is 9.88 Å². The molecule has 7 nitrogen and oxygen atoms in total. The largest absolute Gasteiger partial charge is 0.343 e. The van der Waals surface area contributed by atoms with Crippen molar-refractivity contribution in [3.05, 3.63) is 57.0 Å². The summed E-state index contributed by atoms with van der Waals surface area (Å²) in [6.45, 7) is 0.957. The monoisotopic (exact) mass is 366 g/mol. The quantitative estimate of drug-likeness (QED) is 0.463. The minimum Gasteiger partial charge on any atom is -0.336 e. The molecule has 0 saturated carbocycles. The molecule has 1 heterocycles. The van der Waals surface area contributed by atoms with Gasteiger partial charge in [0.15, 0.2) is 0 Å². The molecular weight excluding hydrogens is 348 g/mol. The molecule has 0 radical (unpaired) electrons. The molecule has 24 heavy (non-hydrogen) atoms. The second-order valence-electron chi connectivity index (χ2n) is 4.91. The van der Waals surface area contributed by atoms with Gasteiger partial charge in [0.2, 0.25) is 4.80 Å². The second kappa shape index (κ2) is 9.24. The predicted molar refractivity (Wildman–Crippen MR) is 96.5 cm³/mol. The number of nitrogens with one attached hydrogen (secondary N) is 1. The Bertz CT molecular complexity index is 756. The molecule has 0 saturated heterocycles. The SMILES string of the molecule is CSCCCNC(=O)N=c1sc([N+](=O)[O-])cn1Cc1ccccc1. The zero-order valence-corrected chi connectivity index (χ0v) is 14.8. The van der Waals surface area contributed by atoms with Crippen molar-refractivity contribution < 1.29 is 9.72 Å². The number of carbonyl (C=O) groups excluding carboxylic acids is 1. The van der Waals surface area contributed by atoms with Crippen LogP contribution in [0.5, 0.6) is 0 Å². The van der Waals surface area contributed by atoms with Crippen molar-refractivity contribution in [3.8, 4) is 0 Å². The molecule has 2 amide bonds. The van der Waals surface area contributed by atoms with Crippen LogP contribution in [0.1, 0.15) is 12.0 Å². The summed E-state index contributed by atoms with van der Waals surface area (Å²) in [5, 5.41) is 13.7. The van der Waals surface area contributed by atoms with Gasteiger partial charge in [-0.2, -0.15) is 16.8 Å². The first-order valence-corrected chi connectivity index (χ1v) is 9.51. The minimum absolute atomic E-state index is 0.0418. The highest BCUT2D eigenvalue weighted by Crippen LogP contribution is 2.15. The van der Waals surface area contributed by atoms with Gasteiger partial charge in [0, 0.05) is 6.54 Å². The molecule has 1 aromatic carbocycles. The number of hydrogen-bond donors (Lipinski definition) is 1. The van der Waals surface area contributed by atoms with Crippen LogP contribution in [-0.2, 0) is 6.54 Å². The van der Waals surface area contributed by atoms with Crippen molar-refractivity contribution in [2.24, 2.45) is 4.99 Å². The van der Waals surface area contributed by atoms with Crippen LogP contribution in [0.2, 0.25) is 0 Å². The maximum atomic E-state index is 11.9. The number of urea groups is 1. The molecule has 0 bridgehead atoms. The second-order valence-corrected chi connectivity index (χ2v) is 6.89. The topological polar surface area (TPSA) is 89.5 Å². The van der Waals surface area contributed by atoms with Gasteiger partial charge in [0.25, 0.3) is 0 Å². The van der Waals surface area contributed by atoms with Gasteiger partial charge < -0.3 is 9.88 Å². The van der Waals surface area contributed by atoms with Crippen molar-refractivity contribution in [3.63, 3.8) is 0 Å². The van der Waals surface area contributed by atoms with E-state index in [1.807, 2.05) is 36.6 Å². The number of thiazole rings is 1. The summed E-state index contributed by atoms with van der Waals surface area (Å²) in [6.07, 6.45) is 4.28. The van der Waals surface area contributed by atoms with Gasteiger partial charge in [-0.25, -0.2) is 4.79 Å². The van der Waals surface area contributed by atoms with Crippen LogP contribution in [0.25, 0.3) is 0 Å². The van der Waals surface area contributed by atoms with E-state index in [4.69, 9.17) is 0 Å². The van der Waals surface area contributed by atoms with E-state index >= 15 is 0 Å². The fourth-order valence-electron chi connectivity index (χ4n) is 1.97. The van der Waals surface area contributed by atoms with E-state index in [2.05, 4.69) is 10.3 Å². The molecular formula is C15H18N4O3S2. The summed E-state index contributed by atoms with van der Waals surface area (Å²) < 4.78 is 1.62. The number of thioether (sulfide) groups is 1. The van der Waals surface area contributed by atoms with Crippen LogP contribution >= 0.6 is 23.1 Å². The van der Waals surface area contributed by atoms with Gasteiger partial charge in [-0.3, -0.25) is 10.1 Å². The van der Waals surface area contributed by atoms with E-state index < -0.39 is 11.0 Å². The lowest BCUT2D eigenvalue weighted by molar-refractivity contribution is -0.380. The normalized spacial score (nSPS) is 11.5. The smallest absolute Gasteiger partial charge is 0.336 e. The number of aromatic nitrogens is 1. The Balaban J connectivity index is 2.19. The molecule has 2 rings (SSSR count). The molecule has 128 valence electrons. The van der Waals surface area contributed by atoms with Crippen LogP contribution in [0, 0.1) is 10.1 Å². The average Bonchev–Trinajstić information content (AvgIpc) is 2.95. The first-order chi connectivity index (χ1) is 11.6. The van der Waals surface area contributed by atoms with Gasteiger partial charge in [-0.1, -0.05) is 30.3 Å². The molecule has 2 aromatic rings. The third-order valence-electron chi connectivity index (χ3n) is 3.08. The van der Waals surface area contributed by atoms with Crippen molar-refractivity contribution in [2.45, 2.75) is 13.0 Å². The molecule has 1 aromatic heterocycles. The van der Waals surface area contributed by atoms with Gasteiger partial charge >= 0.3 is 11.0 Å². The third-order valence-corrected chi connectivity index (χ3v) is 4.75. The minimum atomic E-state index is -0.477. The van der Waals surface area contributed by atoms with Crippen LogP contribution in [0.15, 0.2) is 41.5 Å². The molecule has 0 aliphatic rings. The number of carbonyl (C=O) groups is 1. The molecule has 0 unspecified atom stereocenters. The lowest BCUT2D eigenvalue weighted by Gasteiger charge is -2.03. The molecule has 0 spiro atoms. The van der Waals surface area contributed by atoms with Gasteiger partial charge in [-0.15, -0.1) is 0 Å². The lowest BCUT2D eigenvalue weighted by Crippen LogP contribution is -2.25. The Morgan fingerprint density at radius 1 is 1.42 bits per heavy atom. The van der Waals surface area contributed by atoms with E-state index in [9.17, 15) is 14.9 Å². The summed E-state index contributed by atoms with van der Waals surface area (Å²) in [7, 11) is 0. The highest BCUT2D eigenvalue weighted by Gasteiger charge is 2.13. The Kier molecular flexibility index (Phi) is 7.01. The van der Waals surface area contributed by atoms with Gasteiger partial charge in [0.05, 0.1) is 17.7 Å². The standard InChI is InChI=1S/C15H18N4O3S2/c1-23-9-5-8-16-14(20)17-15-18(11-13(24-15)19(21)22)10-12-6-3-2-4-7-12/h2-4,6-7,11H,5,8-10H2,1H3,(H,16,20). The zero-order chi connectivity index (χ0) is 17.4. The highest BCUT2D eigenvalue weighted by atomic mass is 32.2. The third kappa shape index (κ3) is 5.50. The van der Waals surface area contributed by atoms with E-state index in [-0.39, 0.29) is 5.00 Å². The van der Waals surface area contributed by atoms with E-state index in [1.54, 1.807) is 16.3 Å². The number of nitro groups is 1. The number of rotatable bonds is 7. The number of amides is 2. The maximum absolute atomic E-state index is 11.9. The van der Waals surface area contributed by atoms with E-state index in [1.165, 1.54) is 6.20 Å². The summed E-state index contributed by atoms with van der Waals surface area (Å²) >= 11 is 2.60. The summed E-state index contributed by atoms with van der Waals surface area (Å²) in [6, 6.07) is 9.05. The Morgan fingerprint density at radius 3 is 2.83 bits per heavy atom. The Labute approximate surface area is 147 Å². The van der Waals surface area contributed by atoms with Crippen LogP contribution < -0.4 is 10.1 Å². The Morgan fingerprint density at radius 2 is 2.17 bits per heavy atom. The van der Waals surface area contributed by atoms with E-state index in [0.717, 1.165) is 29.1 Å². The summed E-state index contributed by atoms with van der Waals surface area (Å²) in [4.78, 5) is 26.7. The maximum Gasteiger partial charge on any atom is 0.343 e. The average molecular weight is 366 g/mol. The van der Waals surface area contributed by atoms with Crippen LogP contribution in [0.3, 0.4) is 0 Å². The fourth-order valence-corrected chi connectivity index (χ4v) is 3.21. The number of hydrogen-bond acceptors (Lipinski definition) is 5. The summed E-state index contributed by atoms with van der Waals surface area (Å²) in [5.74, 6) is 0.957. The highest BCUT2D eigenvalue weighted by molar-refractivity contribution is 7.98. The molecule has 0 fully saturated rings. The molecule has 9 heteroatoms. The fraction of sp³-hybridized carbons (Fsp3) is 0.333. The van der Waals surface area contributed by atoms with Gasteiger partial charge in [0.1, 0.15) is 0 Å². The molecule has 0 aliphatic carbocycles. The van der Waals surface area contributed by atoms with E-state index in [0.29, 0.717) is 17.9 Å². The molecule has 0 aliphatic heterocycles. The molecule has 0 atom stereocenters. The van der Waals surface area contributed by atoms with Crippen LogP contribution in [-0.4, -0.2) is 34.1 Å². The van der Waals surface area contributed by atoms with Crippen LogP contribution in [0.4, 0.5) is 9.80 Å². The first-order valence-electron chi connectivity index (χ1n) is 7.30. The summed E-state index contributed by atoms with van der Waals surface area (Å²) in [5.41, 5.74) is 0.979. The first kappa shape index (κ1) is 18.2. The van der Waals surface area contributed by atoms with Crippen molar-refractivity contribution >= 4 is 34.1 Å². The Hall–Kier alpha value is -2.13.